The first kappa shape index (κ1) is 28.0. The Balaban J connectivity index is 1.73. The molecule has 0 unspecified atom stereocenters. The van der Waals surface area contributed by atoms with Crippen molar-refractivity contribution in [2.24, 2.45) is 17.2 Å². The molecule has 0 aromatic heterocycles. The van der Waals surface area contributed by atoms with Crippen molar-refractivity contribution < 1.29 is 49.6 Å². The third-order valence-electron chi connectivity index (χ3n) is 6.95. The zero-order chi connectivity index (χ0) is 25.5. The van der Waals surface area contributed by atoms with Crippen molar-refractivity contribution >= 4 is 0 Å². The Bertz CT molecular complexity index is 675. The second-order valence-electron chi connectivity index (χ2n) is 9.82. The average Bonchev–Trinajstić information content (AvgIpc) is 2.75. The normalized spacial score (nSPS) is 53.5. The van der Waals surface area contributed by atoms with E-state index in [1.54, 1.807) is 7.05 Å². The minimum absolute atomic E-state index is 0.135. The minimum atomic E-state index is -1.46. The van der Waals surface area contributed by atoms with Crippen molar-refractivity contribution in [1.29, 1.82) is 0 Å². The van der Waals surface area contributed by atoms with Crippen molar-refractivity contribution in [3.8, 4) is 0 Å². The lowest BCUT2D eigenvalue weighted by atomic mass is 9.84. The molecule has 2 saturated heterocycles. The second-order valence-corrected chi connectivity index (χ2v) is 9.82. The molecule has 3 fully saturated rings. The molecule has 34 heavy (non-hydrogen) atoms. The number of rotatable bonds is 6. The zero-order valence-electron chi connectivity index (χ0n) is 19.5. The molecule has 0 aromatic carbocycles. The van der Waals surface area contributed by atoms with E-state index in [1.165, 1.54) is 13.8 Å². The fourth-order valence-corrected chi connectivity index (χ4v) is 4.95. The van der Waals surface area contributed by atoms with Crippen LogP contribution in [-0.4, -0.2) is 135 Å². The topological polar surface area (TPSA) is 248 Å². The van der Waals surface area contributed by atoms with E-state index in [-0.39, 0.29) is 13.0 Å². The first-order chi connectivity index (χ1) is 15.8. The predicted molar refractivity (Wildman–Crippen MR) is 116 cm³/mol. The van der Waals surface area contributed by atoms with Gasteiger partial charge in [0.25, 0.3) is 0 Å². The van der Waals surface area contributed by atoms with Crippen molar-refractivity contribution in [1.82, 2.24) is 5.32 Å². The van der Waals surface area contributed by atoms with Crippen molar-refractivity contribution in [3.05, 3.63) is 0 Å². The van der Waals surface area contributed by atoms with Crippen LogP contribution in [0, 0.1) is 0 Å². The number of hydrogen-bond donors (Lipinski definition) is 10. The smallest absolute Gasteiger partial charge is 0.185 e. The van der Waals surface area contributed by atoms with E-state index in [0.29, 0.717) is 0 Å². The molecule has 3 aliphatic rings. The molecule has 2 aliphatic heterocycles. The van der Waals surface area contributed by atoms with Crippen LogP contribution in [0.4, 0.5) is 0 Å². The van der Waals surface area contributed by atoms with Gasteiger partial charge in [0.1, 0.15) is 48.3 Å². The molecule has 14 heteroatoms. The highest BCUT2D eigenvalue weighted by molar-refractivity contribution is 5.02. The van der Waals surface area contributed by atoms with Crippen molar-refractivity contribution in [2.45, 2.75) is 111 Å². The van der Waals surface area contributed by atoms with Gasteiger partial charge in [0.05, 0.1) is 24.8 Å². The van der Waals surface area contributed by atoms with Crippen molar-refractivity contribution in [3.63, 3.8) is 0 Å². The number of nitrogens with one attached hydrogen (secondary N) is 1. The number of ether oxygens (including phenoxy) is 4. The molecule has 1 aliphatic carbocycles. The molecule has 0 amide bonds. The summed E-state index contributed by atoms with van der Waals surface area (Å²) in [5.41, 5.74) is 17.0. The van der Waals surface area contributed by atoms with Gasteiger partial charge >= 0.3 is 0 Å². The Morgan fingerprint density at radius 2 is 1.50 bits per heavy atom. The summed E-state index contributed by atoms with van der Waals surface area (Å²) < 4.78 is 22.8. The van der Waals surface area contributed by atoms with Gasteiger partial charge < -0.3 is 72.1 Å². The van der Waals surface area contributed by atoms with Crippen molar-refractivity contribution in [2.75, 3.05) is 13.7 Å². The minimum Gasteiger partial charge on any atom is -0.391 e. The number of aliphatic hydroxyl groups is 6. The molecule has 0 spiro atoms. The maximum Gasteiger partial charge on any atom is 0.185 e. The summed E-state index contributed by atoms with van der Waals surface area (Å²) in [5, 5.41) is 65.2. The maximum absolute atomic E-state index is 11.1. The summed E-state index contributed by atoms with van der Waals surface area (Å²) in [6, 6.07) is -3.47. The first-order valence-corrected chi connectivity index (χ1v) is 11.4. The van der Waals surface area contributed by atoms with Gasteiger partial charge in [0, 0.05) is 12.1 Å². The summed E-state index contributed by atoms with van der Waals surface area (Å²) in [6.45, 7) is 2.75. The van der Waals surface area contributed by atoms with Gasteiger partial charge in [0.2, 0.25) is 0 Å². The van der Waals surface area contributed by atoms with Gasteiger partial charge in [-0.2, -0.15) is 0 Å². The standard InChI is InChI=1S/C20H40N4O10/c1-6(25)14-11(27)10(26)9(23)18(32-14)33-15-7(21)4-8(22)16(12(15)28)34-19-13(29)17(24-3)20(2,30)5-31-19/h6-19,24-30H,4-5,21-23H2,1-3H3/t6-,7+,8-,9+,10+,11-,12+,13-,14+,15+,16+,17-,18+,19-,20+/m1/s1. The highest BCUT2D eigenvalue weighted by atomic mass is 16.7. The average molecular weight is 497 g/mol. The van der Waals surface area contributed by atoms with Gasteiger partial charge in [-0.25, -0.2) is 0 Å². The highest BCUT2D eigenvalue weighted by Gasteiger charge is 2.52. The summed E-state index contributed by atoms with van der Waals surface area (Å²) in [6.07, 6.45) is -12.4. The van der Waals surface area contributed by atoms with E-state index in [4.69, 9.17) is 36.1 Å². The molecule has 3 rings (SSSR count). The Morgan fingerprint density at radius 3 is 2.03 bits per heavy atom. The van der Waals surface area contributed by atoms with E-state index in [2.05, 4.69) is 5.32 Å². The Hall–Kier alpha value is -0.560. The number of nitrogens with two attached hydrogens (primary N) is 3. The Kier molecular flexibility index (Phi) is 8.92. The predicted octanol–water partition coefficient (Wildman–Crippen LogP) is -5.61. The molecule has 15 atom stereocenters. The van der Waals surface area contributed by atoms with E-state index in [1.807, 2.05) is 0 Å². The summed E-state index contributed by atoms with van der Waals surface area (Å²) >= 11 is 0. The fourth-order valence-electron chi connectivity index (χ4n) is 4.95. The number of likely N-dealkylation sites (N-methyl/N-ethyl adjacent to an activating group) is 1. The summed E-state index contributed by atoms with van der Waals surface area (Å²) in [5.74, 6) is 0. The maximum atomic E-state index is 11.1. The van der Waals surface area contributed by atoms with Gasteiger partial charge in [-0.3, -0.25) is 0 Å². The largest absolute Gasteiger partial charge is 0.391 e. The molecule has 13 N–H and O–H groups in total. The molecule has 1 saturated carbocycles. The second kappa shape index (κ2) is 10.8. The van der Waals surface area contributed by atoms with Crippen LogP contribution >= 0.6 is 0 Å². The van der Waals surface area contributed by atoms with Gasteiger partial charge in [-0.15, -0.1) is 0 Å². The van der Waals surface area contributed by atoms with Gasteiger partial charge in [-0.05, 0) is 27.3 Å². The molecule has 14 nitrogen and oxygen atoms in total. The zero-order valence-corrected chi connectivity index (χ0v) is 19.5. The first-order valence-electron chi connectivity index (χ1n) is 11.4. The highest BCUT2D eigenvalue weighted by Crippen LogP contribution is 2.32. The Labute approximate surface area is 197 Å². The molecule has 200 valence electrons. The molecular formula is C20H40N4O10. The van der Waals surface area contributed by atoms with Crippen LogP contribution in [0.15, 0.2) is 0 Å². The SMILES string of the molecule is CN[C@@H]1[C@@H](O)[C@@H](O[C@@H]2[C@@H](O)[C@@H](O[C@@H]3O[C@@H]([C@@H](C)O)[C@H](O)[C@@H](O)[C@@H]3N)[C@@H](N)C[C@H]2N)OC[C@]1(C)O. The quantitative estimate of drug-likeness (QED) is 0.165. The number of hydrogen-bond acceptors (Lipinski definition) is 14. The molecular weight excluding hydrogens is 456 g/mol. The van der Waals surface area contributed by atoms with Crippen LogP contribution < -0.4 is 22.5 Å². The van der Waals surface area contributed by atoms with E-state index in [9.17, 15) is 30.6 Å². The molecule has 2 heterocycles. The van der Waals surface area contributed by atoms with Crippen LogP contribution in [0.2, 0.25) is 0 Å². The summed E-state index contributed by atoms with van der Waals surface area (Å²) in [7, 11) is 1.58. The molecule has 0 aromatic rings. The lowest BCUT2D eigenvalue weighted by Crippen LogP contribution is -2.69. The molecule has 0 bridgehead atoms. The number of aliphatic hydroxyl groups excluding tert-OH is 5. The third kappa shape index (κ3) is 5.40. The lowest BCUT2D eigenvalue weighted by molar-refractivity contribution is -0.319. The van der Waals surface area contributed by atoms with E-state index >= 15 is 0 Å². The summed E-state index contributed by atoms with van der Waals surface area (Å²) in [4.78, 5) is 0. The van der Waals surface area contributed by atoms with Crippen LogP contribution in [0.5, 0.6) is 0 Å². The lowest BCUT2D eigenvalue weighted by Gasteiger charge is -2.49. The van der Waals surface area contributed by atoms with E-state index in [0.717, 1.165) is 0 Å². The third-order valence-corrected chi connectivity index (χ3v) is 6.95. The van der Waals surface area contributed by atoms with Gasteiger partial charge in [-0.1, -0.05) is 0 Å². The van der Waals surface area contributed by atoms with Gasteiger partial charge in [0.15, 0.2) is 12.6 Å². The molecule has 0 radical (unpaired) electrons. The Morgan fingerprint density at radius 1 is 0.941 bits per heavy atom. The monoisotopic (exact) mass is 496 g/mol. The van der Waals surface area contributed by atoms with Crippen LogP contribution in [0.25, 0.3) is 0 Å². The van der Waals surface area contributed by atoms with Crippen LogP contribution in [-0.2, 0) is 18.9 Å². The fraction of sp³-hybridized carbons (Fsp3) is 1.00. The van der Waals surface area contributed by atoms with Crippen LogP contribution in [0.1, 0.15) is 20.3 Å². The van der Waals surface area contributed by atoms with Crippen LogP contribution in [0.3, 0.4) is 0 Å². The van der Waals surface area contributed by atoms with E-state index < -0.39 is 91.2 Å².